The summed E-state index contributed by atoms with van der Waals surface area (Å²) in [6.45, 7) is 8.62. The Morgan fingerprint density at radius 1 is 1.10 bits per heavy atom. The summed E-state index contributed by atoms with van der Waals surface area (Å²) >= 11 is 0. The van der Waals surface area contributed by atoms with E-state index in [9.17, 15) is 0 Å². The number of nitrogens with zero attached hydrogens (tertiary/aromatic N) is 2. The highest BCUT2D eigenvalue weighted by atomic mass is 16.5. The number of hydrogen-bond acceptors (Lipinski definition) is 4. The zero-order chi connectivity index (χ0) is 15.1. The minimum Gasteiger partial charge on any atom is -0.493 e. The first-order valence-corrected chi connectivity index (χ1v) is 7.93. The van der Waals surface area contributed by atoms with E-state index in [1.54, 1.807) is 7.11 Å². The van der Waals surface area contributed by atoms with Gasteiger partial charge in [0.05, 0.1) is 13.7 Å². The molecule has 0 aliphatic carbocycles. The van der Waals surface area contributed by atoms with E-state index in [-0.39, 0.29) is 0 Å². The first-order valence-electron chi connectivity index (χ1n) is 7.93. The van der Waals surface area contributed by atoms with E-state index < -0.39 is 0 Å². The van der Waals surface area contributed by atoms with Crippen molar-refractivity contribution >= 4 is 0 Å². The van der Waals surface area contributed by atoms with Crippen LogP contribution in [0.1, 0.15) is 18.9 Å². The Balaban J connectivity index is 1.80. The molecule has 1 aromatic carbocycles. The summed E-state index contributed by atoms with van der Waals surface area (Å²) < 4.78 is 11.0. The fraction of sp³-hybridized carbons (Fsp3) is 0.647. The molecule has 0 atom stereocenters. The number of aryl methyl sites for hydroxylation is 1. The summed E-state index contributed by atoms with van der Waals surface area (Å²) in [4.78, 5) is 4.96. The van der Waals surface area contributed by atoms with Gasteiger partial charge in [0, 0.05) is 26.2 Å². The van der Waals surface area contributed by atoms with Crippen molar-refractivity contribution in [3.63, 3.8) is 0 Å². The number of likely N-dealkylation sites (N-methyl/N-ethyl adjacent to an activating group) is 1. The number of piperazine rings is 1. The van der Waals surface area contributed by atoms with E-state index >= 15 is 0 Å². The van der Waals surface area contributed by atoms with Crippen LogP contribution in [0.25, 0.3) is 0 Å². The molecule has 1 saturated heterocycles. The number of ether oxygens (including phenoxy) is 2. The predicted molar refractivity (Wildman–Crippen MR) is 86.4 cm³/mol. The third-order valence-corrected chi connectivity index (χ3v) is 4.06. The zero-order valence-electron chi connectivity index (χ0n) is 13.6. The van der Waals surface area contributed by atoms with Gasteiger partial charge in [-0.25, -0.2) is 0 Å². The van der Waals surface area contributed by atoms with Crippen LogP contribution >= 0.6 is 0 Å². The second-order valence-electron chi connectivity index (χ2n) is 5.67. The number of hydrogen-bond donors (Lipinski definition) is 0. The minimum absolute atomic E-state index is 0.666. The van der Waals surface area contributed by atoms with Gasteiger partial charge < -0.3 is 19.3 Å². The average Bonchev–Trinajstić information content (AvgIpc) is 2.51. The highest BCUT2D eigenvalue weighted by Crippen LogP contribution is 2.28. The van der Waals surface area contributed by atoms with Crippen LogP contribution in [0.2, 0.25) is 0 Å². The van der Waals surface area contributed by atoms with E-state index in [1.807, 2.05) is 13.0 Å². The van der Waals surface area contributed by atoms with Crippen molar-refractivity contribution in [2.45, 2.75) is 19.8 Å². The Hall–Kier alpha value is -1.26. The van der Waals surface area contributed by atoms with Gasteiger partial charge in [0.25, 0.3) is 0 Å². The van der Waals surface area contributed by atoms with Crippen LogP contribution in [0.5, 0.6) is 11.5 Å². The monoisotopic (exact) mass is 292 g/mol. The predicted octanol–water partition coefficient (Wildman–Crippen LogP) is 2.27. The second-order valence-corrected chi connectivity index (χ2v) is 5.67. The number of methoxy groups -OCH3 is 1. The maximum atomic E-state index is 5.55. The average molecular weight is 292 g/mol. The molecular formula is C17H28N2O2. The van der Waals surface area contributed by atoms with Crippen LogP contribution in [0.3, 0.4) is 0 Å². The van der Waals surface area contributed by atoms with Gasteiger partial charge in [-0.3, -0.25) is 0 Å². The molecule has 1 heterocycles. The lowest BCUT2D eigenvalue weighted by atomic mass is 10.1. The van der Waals surface area contributed by atoms with E-state index in [2.05, 4.69) is 29.0 Å². The summed E-state index contributed by atoms with van der Waals surface area (Å²) in [5, 5.41) is 0. The molecule has 21 heavy (non-hydrogen) atoms. The lowest BCUT2D eigenvalue weighted by molar-refractivity contribution is 0.153. The van der Waals surface area contributed by atoms with Gasteiger partial charge >= 0.3 is 0 Å². The lowest BCUT2D eigenvalue weighted by Crippen LogP contribution is -2.44. The summed E-state index contributed by atoms with van der Waals surface area (Å²) in [5.41, 5.74) is 1.32. The fourth-order valence-electron chi connectivity index (χ4n) is 2.72. The standard InChI is InChI=1S/C17H28N2O2/c1-4-21-16-8-7-15(14-17(16)20-3)6-5-9-19-12-10-18(2)11-13-19/h7-8,14H,4-6,9-13H2,1-3H3. The topological polar surface area (TPSA) is 24.9 Å². The highest BCUT2D eigenvalue weighted by Gasteiger charge is 2.13. The van der Waals surface area contributed by atoms with Gasteiger partial charge in [-0.05, 0) is 51.1 Å². The fourth-order valence-corrected chi connectivity index (χ4v) is 2.72. The SMILES string of the molecule is CCOc1ccc(CCCN2CCN(C)CC2)cc1OC. The largest absolute Gasteiger partial charge is 0.493 e. The normalized spacial score (nSPS) is 16.9. The molecule has 0 amide bonds. The molecule has 1 aromatic rings. The molecule has 0 radical (unpaired) electrons. The molecule has 1 aliphatic rings. The number of benzene rings is 1. The van der Waals surface area contributed by atoms with Gasteiger partial charge in [0.1, 0.15) is 0 Å². The number of rotatable bonds is 7. The van der Waals surface area contributed by atoms with Crippen LogP contribution in [-0.2, 0) is 6.42 Å². The van der Waals surface area contributed by atoms with Crippen molar-refractivity contribution in [2.75, 3.05) is 53.5 Å². The summed E-state index contributed by atoms with van der Waals surface area (Å²) in [5.74, 6) is 1.68. The molecule has 2 rings (SSSR count). The van der Waals surface area contributed by atoms with Crippen LogP contribution in [0.4, 0.5) is 0 Å². The van der Waals surface area contributed by atoms with Crippen molar-refractivity contribution < 1.29 is 9.47 Å². The summed E-state index contributed by atoms with van der Waals surface area (Å²) in [7, 11) is 3.90. The van der Waals surface area contributed by atoms with Gasteiger partial charge in [0.15, 0.2) is 11.5 Å². The van der Waals surface area contributed by atoms with E-state index in [0.29, 0.717) is 6.61 Å². The van der Waals surface area contributed by atoms with E-state index in [4.69, 9.17) is 9.47 Å². The van der Waals surface area contributed by atoms with E-state index in [1.165, 1.54) is 44.7 Å². The van der Waals surface area contributed by atoms with Crippen molar-refractivity contribution in [3.8, 4) is 11.5 Å². The Labute approximate surface area is 128 Å². The van der Waals surface area contributed by atoms with Crippen molar-refractivity contribution in [1.82, 2.24) is 9.80 Å². The lowest BCUT2D eigenvalue weighted by Gasteiger charge is -2.32. The Morgan fingerprint density at radius 3 is 2.52 bits per heavy atom. The first kappa shape index (κ1) is 16.1. The van der Waals surface area contributed by atoms with Crippen LogP contribution in [0.15, 0.2) is 18.2 Å². The molecule has 0 N–H and O–H groups in total. The molecule has 4 heteroatoms. The van der Waals surface area contributed by atoms with Crippen LogP contribution in [0, 0.1) is 0 Å². The molecule has 1 aliphatic heterocycles. The Kier molecular flexibility index (Phi) is 6.33. The molecule has 0 aromatic heterocycles. The Bertz CT molecular complexity index is 429. The maximum Gasteiger partial charge on any atom is 0.161 e. The van der Waals surface area contributed by atoms with E-state index in [0.717, 1.165) is 17.9 Å². The summed E-state index contributed by atoms with van der Waals surface area (Å²) in [6.07, 6.45) is 2.29. The maximum absolute atomic E-state index is 5.55. The first-order chi connectivity index (χ1) is 10.2. The smallest absolute Gasteiger partial charge is 0.161 e. The van der Waals surface area contributed by atoms with Gasteiger partial charge in [-0.1, -0.05) is 6.07 Å². The molecule has 0 saturated carbocycles. The second kappa shape index (κ2) is 8.25. The third-order valence-electron chi connectivity index (χ3n) is 4.06. The van der Waals surface area contributed by atoms with Crippen molar-refractivity contribution in [1.29, 1.82) is 0 Å². The highest BCUT2D eigenvalue weighted by molar-refractivity contribution is 5.43. The Morgan fingerprint density at radius 2 is 1.86 bits per heavy atom. The van der Waals surface area contributed by atoms with Gasteiger partial charge in [-0.2, -0.15) is 0 Å². The summed E-state index contributed by atoms with van der Waals surface area (Å²) in [6, 6.07) is 6.28. The minimum atomic E-state index is 0.666. The molecule has 4 nitrogen and oxygen atoms in total. The van der Waals surface area contributed by atoms with Crippen molar-refractivity contribution in [3.05, 3.63) is 23.8 Å². The zero-order valence-corrected chi connectivity index (χ0v) is 13.6. The van der Waals surface area contributed by atoms with Gasteiger partial charge in [-0.15, -0.1) is 0 Å². The van der Waals surface area contributed by atoms with Crippen molar-refractivity contribution in [2.24, 2.45) is 0 Å². The van der Waals surface area contributed by atoms with Gasteiger partial charge in [0.2, 0.25) is 0 Å². The molecule has 0 unspecified atom stereocenters. The molecule has 0 bridgehead atoms. The molecule has 1 fully saturated rings. The molecule has 0 spiro atoms. The van der Waals surface area contributed by atoms with Crippen LogP contribution in [-0.4, -0.2) is 63.3 Å². The van der Waals surface area contributed by atoms with Crippen LogP contribution < -0.4 is 9.47 Å². The molecule has 118 valence electrons. The third kappa shape index (κ3) is 4.90. The quantitative estimate of drug-likeness (QED) is 0.770. The molecular weight excluding hydrogens is 264 g/mol.